The highest BCUT2D eigenvalue weighted by Gasteiger charge is 2.42. The van der Waals surface area contributed by atoms with Crippen LogP contribution in [0.4, 0.5) is 5.95 Å². The van der Waals surface area contributed by atoms with Crippen molar-refractivity contribution in [1.29, 1.82) is 0 Å². The zero-order chi connectivity index (χ0) is 21.1. The SMILES string of the molecule is CCC(C)N1CC2CCC(C1)N2c1ncc(CN2CCN(CCC(C)C)CC2)cn1. The average molecular weight is 415 g/mol. The summed E-state index contributed by atoms with van der Waals surface area (Å²) in [6.07, 6.45) is 9.26. The molecule has 0 radical (unpaired) electrons. The first kappa shape index (κ1) is 22.0. The lowest BCUT2D eigenvalue weighted by atomic mass is 10.1. The maximum Gasteiger partial charge on any atom is 0.225 e. The molecule has 0 aromatic carbocycles. The van der Waals surface area contributed by atoms with Gasteiger partial charge in [0.1, 0.15) is 0 Å². The predicted molar refractivity (Wildman–Crippen MR) is 124 cm³/mol. The van der Waals surface area contributed by atoms with Crippen molar-refractivity contribution in [2.75, 3.05) is 50.7 Å². The highest BCUT2D eigenvalue weighted by molar-refractivity contribution is 5.38. The molecule has 1 aromatic rings. The van der Waals surface area contributed by atoms with E-state index in [9.17, 15) is 0 Å². The van der Waals surface area contributed by atoms with Crippen molar-refractivity contribution in [3.63, 3.8) is 0 Å². The largest absolute Gasteiger partial charge is 0.332 e. The third kappa shape index (κ3) is 5.14. The number of hydrogen-bond donors (Lipinski definition) is 0. The van der Waals surface area contributed by atoms with Gasteiger partial charge in [-0.05, 0) is 45.1 Å². The molecule has 3 aliphatic heterocycles. The third-order valence-corrected chi connectivity index (χ3v) is 7.54. The van der Waals surface area contributed by atoms with E-state index in [4.69, 9.17) is 9.97 Å². The van der Waals surface area contributed by atoms with Gasteiger partial charge in [0, 0.05) is 81.9 Å². The van der Waals surface area contributed by atoms with E-state index in [1.54, 1.807) is 0 Å². The molecule has 0 N–H and O–H groups in total. The maximum atomic E-state index is 4.82. The molecule has 6 nitrogen and oxygen atoms in total. The summed E-state index contributed by atoms with van der Waals surface area (Å²) in [6.45, 7) is 18.5. The van der Waals surface area contributed by atoms with Crippen LogP contribution in [0.1, 0.15) is 58.9 Å². The topological polar surface area (TPSA) is 38.7 Å². The summed E-state index contributed by atoms with van der Waals surface area (Å²) in [7, 11) is 0. The van der Waals surface area contributed by atoms with Crippen molar-refractivity contribution < 1.29 is 0 Å². The van der Waals surface area contributed by atoms with Gasteiger partial charge >= 0.3 is 0 Å². The molecule has 0 aliphatic carbocycles. The van der Waals surface area contributed by atoms with Gasteiger partial charge in [-0.15, -0.1) is 0 Å². The highest BCUT2D eigenvalue weighted by Crippen LogP contribution is 2.33. The zero-order valence-corrected chi connectivity index (χ0v) is 19.6. The van der Waals surface area contributed by atoms with Crippen LogP contribution in [0.15, 0.2) is 12.4 Å². The molecule has 3 unspecified atom stereocenters. The fraction of sp³-hybridized carbons (Fsp3) is 0.833. The monoisotopic (exact) mass is 414 g/mol. The number of nitrogens with zero attached hydrogens (tertiary/aromatic N) is 6. The lowest BCUT2D eigenvalue weighted by Gasteiger charge is -2.43. The molecular weight excluding hydrogens is 372 g/mol. The van der Waals surface area contributed by atoms with E-state index in [-0.39, 0.29) is 0 Å². The smallest absolute Gasteiger partial charge is 0.225 e. The molecule has 2 bridgehead atoms. The second-order valence-corrected chi connectivity index (χ2v) is 10.2. The quantitative estimate of drug-likeness (QED) is 0.651. The normalized spacial score (nSPS) is 27.2. The van der Waals surface area contributed by atoms with Gasteiger partial charge in [-0.3, -0.25) is 9.80 Å². The Kier molecular flexibility index (Phi) is 7.27. The van der Waals surface area contributed by atoms with Crippen LogP contribution in [-0.2, 0) is 6.54 Å². The van der Waals surface area contributed by atoms with Crippen LogP contribution in [0, 0.1) is 5.92 Å². The molecule has 168 valence electrons. The molecule has 3 saturated heterocycles. The standard InChI is InChI=1S/C24H42N6/c1-5-20(4)29-17-22-6-7-23(18-29)30(22)24-25-14-21(15-26-24)16-28-12-10-27(11-13-28)9-8-19(2)3/h14-15,19-20,22-23H,5-13,16-18H2,1-4H3. The van der Waals surface area contributed by atoms with Crippen molar-refractivity contribution in [1.82, 2.24) is 24.7 Å². The maximum absolute atomic E-state index is 4.82. The summed E-state index contributed by atoms with van der Waals surface area (Å²) in [5.41, 5.74) is 1.25. The zero-order valence-electron chi connectivity index (χ0n) is 19.6. The summed E-state index contributed by atoms with van der Waals surface area (Å²) in [5.74, 6) is 1.75. The number of fused-ring (bicyclic) bond motifs is 2. The van der Waals surface area contributed by atoms with Crippen molar-refractivity contribution >= 4 is 5.95 Å². The van der Waals surface area contributed by atoms with Gasteiger partial charge in [0.05, 0.1) is 0 Å². The van der Waals surface area contributed by atoms with E-state index in [1.165, 1.54) is 50.9 Å². The van der Waals surface area contributed by atoms with Gasteiger partial charge in [0.15, 0.2) is 0 Å². The Balaban J connectivity index is 1.28. The predicted octanol–water partition coefficient (Wildman–Crippen LogP) is 3.09. The van der Waals surface area contributed by atoms with Crippen LogP contribution < -0.4 is 4.90 Å². The molecule has 0 amide bonds. The van der Waals surface area contributed by atoms with Gasteiger partial charge in [-0.1, -0.05) is 20.8 Å². The fourth-order valence-corrected chi connectivity index (χ4v) is 5.31. The van der Waals surface area contributed by atoms with Crippen LogP contribution in [0.3, 0.4) is 0 Å². The molecule has 0 saturated carbocycles. The Labute approximate surface area is 183 Å². The molecule has 4 heterocycles. The Bertz CT molecular complexity index is 640. The molecule has 3 atom stereocenters. The molecule has 4 rings (SSSR count). The number of piperazine rings is 2. The summed E-state index contributed by atoms with van der Waals surface area (Å²) in [6, 6.07) is 1.86. The van der Waals surface area contributed by atoms with Crippen molar-refractivity contribution in [3.05, 3.63) is 18.0 Å². The first-order chi connectivity index (χ1) is 14.5. The van der Waals surface area contributed by atoms with Crippen LogP contribution in [-0.4, -0.2) is 88.6 Å². The summed E-state index contributed by atoms with van der Waals surface area (Å²) in [5, 5.41) is 0. The Morgan fingerprint density at radius 3 is 2.10 bits per heavy atom. The van der Waals surface area contributed by atoms with Gasteiger partial charge in [0.2, 0.25) is 5.95 Å². The number of anilines is 1. The number of hydrogen-bond acceptors (Lipinski definition) is 6. The van der Waals surface area contributed by atoms with E-state index in [2.05, 4.69) is 59.7 Å². The first-order valence-corrected chi connectivity index (χ1v) is 12.3. The second kappa shape index (κ2) is 9.92. The fourth-order valence-electron chi connectivity index (χ4n) is 5.31. The molecule has 6 heteroatoms. The van der Waals surface area contributed by atoms with Crippen LogP contribution in [0.5, 0.6) is 0 Å². The van der Waals surface area contributed by atoms with E-state index >= 15 is 0 Å². The Hall–Kier alpha value is -1.24. The summed E-state index contributed by atoms with van der Waals surface area (Å²) >= 11 is 0. The lowest BCUT2D eigenvalue weighted by molar-refractivity contribution is 0.123. The second-order valence-electron chi connectivity index (χ2n) is 10.2. The Morgan fingerprint density at radius 1 is 0.933 bits per heavy atom. The van der Waals surface area contributed by atoms with E-state index in [0.29, 0.717) is 18.1 Å². The molecular formula is C24H42N6. The van der Waals surface area contributed by atoms with Crippen molar-refractivity contribution in [3.8, 4) is 0 Å². The van der Waals surface area contributed by atoms with Gasteiger partial charge in [-0.25, -0.2) is 9.97 Å². The minimum atomic E-state index is 0.586. The van der Waals surface area contributed by atoms with Crippen LogP contribution in [0.2, 0.25) is 0 Å². The summed E-state index contributed by atoms with van der Waals surface area (Å²) in [4.78, 5) is 20.0. The molecule has 1 aromatic heterocycles. The van der Waals surface area contributed by atoms with Crippen LogP contribution >= 0.6 is 0 Å². The van der Waals surface area contributed by atoms with Crippen molar-refractivity contribution in [2.24, 2.45) is 5.92 Å². The van der Waals surface area contributed by atoms with Crippen molar-refractivity contribution in [2.45, 2.75) is 78.0 Å². The highest BCUT2D eigenvalue weighted by atomic mass is 15.4. The Morgan fingerprint density at radius 2 is 1.53 bits per heavy atom. The number of rotatable bonds is 8. The number of likely N-dealkylation sites (tertiary alicyclic amines) is 1. The minimum Gasteiger partial charge on any atom is -0.332 e. The van der Waals surface area contributed by atoms with Crippen LogP contribution in [0.25, 0.3) is 0 Å². The third-order valence-electron chi connectivity index (χ3n) is 7.54. The number of aromatic nitrogens is 2. The van der Waals surface area contributed by atoms with E-state index < -0.39 is 0 Å². The van der Waals surface area contributed by atoms with E-state index in [1.807, 2.05) is 0 Å². The van der Waals surface area contributed by atoms with Gasteiger partial charge < -0.3 is 9.80 Å². The lowest BCUT2D eigenvalue weighted by Crippen LogP contribution is -2.56. The molecule has 0 spiro atoms. The summed E-state index contributed by atoms with van der Waals surface area (Å²) < 4.78 is 0. The van der Waals surface area contributed by atoms with E-state index in [0.717, 1.165) is 44.6 Å². The average Bonchev–Trinajstić information content (AvgIpc) is 3.02. The molecule has 3 aliphatic rings. The van der Waals surface area contributed by atoms with Gasteiger partial charge in [-0.2, -0.15) is 0 Å². The minimum absolute atomic E-state index is 0.586. The molecule has 3 fully saturated rings. The molecule has 30 heavy (non-hydrogen) atoms. The first-order valence-electron chi connectivity index (χ1n) is 12.3. The van der Waals surface area contributed by atoms with Gasteiger partial charge in [0.25, 0.3) is 0 Å².